The first-order chi connectivity index (χ1) is 9.61. The summed E-state index contributed by atoms with van der Waals surface area (Å²) in [6.07, 6.45) is 5.74. The van der Waals surface area contributed by atoms with Gasteiger partial charge in [0.2, 0.25) is 5.91 Å². The molecule has 0 saturated heterocycles. The van der Waals surface area contributed by atoms with Crippen LogP contribution in [0.4, 0.5) is 0 Å². The third-order valence-electron chi connectivity index (χ3n) is 4.19. The van der Waals surface area contributed by atoms with E-state index in [0.717, 1.165) is 38.5 Å². The average Bonchev–Trinajstić information content (AvgIpc) is 2.86. The van der Waals surface area contributed by atoms with Gasteiger partial charge in [-0.3, -0.25) is 4.79 Å². The number of carbonyl (C=O) groups excluding carboxylic acids is 1. The fourth-order valence-corrected chi connectivity index (χ4v) is 2.86. The van der Waals surface area contributed by atoms with Crippen LogP contribution >= 0.6 is 0 Å². The van der Waals surface area contributed by atoms with Crippen molar-refractivity contribution in [3.63, 3.8) is 0 Å². The summed E-state index contributed by atoms with van der Waals surface area (Å²) in [5.74, 6) is -0.0282. The van der Waals surface area contributed by atoms with Crippen LogP contribution in [0, 0.1) is 0 Å². The number of amides is 1. The standard InChI is InChI=1S/C17H25NO2/c1-2-14-5-7-15(8-6-14)9-12-18-16(19)13-17(20)10-3-4-11-17/h5-8,20H,2-4,9-13H2,1H3,(H,18,19). The third-order valence-corrected chi connectivity index (χ3v) is 4.19. The van der Waals surface area contributed by atoms with Crippen LogP contribution in [0.5, 0.6) is 0 Å². The zero-order valence-corrected chi connectivity index (χ0v) is 12.3. The normalized spacial score (nSPS) is 17.1. The Labute approximate surface area is 121 Å². The van der Waals surface area contributed by atoms with Crippen LogP contribution in [0.1, 0.15) is 50.2 Å². The van der Waals surface area contributed by atoms with Crippen molar-refractivity contribution < 1.29 is 9.90 Å². The van der Waals surface area contributed by atoms with Gasteiger partial charge < -0.3 is 10.4 Å². The van der Waals surface area contributed by atoms with Crippen LogP contribution in [-0.4, -0.2) is 23.2 Å². The summed E-state index contributed by atoms with van der Waals surface area (Å²) in [5.41, 5.74) is 1.83. The summed E-state index contributed by atoms with van der Waals surface area (Å²) in [5, 5.41) is 13.1. The predicted octanol–water partition coefficient (Wildman–Crippen LogP) is 2.60. The molecule has 1 fully saturated rings. The van der Waals surface area contributed by atoms with Gasteiger partial charge in [0.1, 0.15) is 0 Å². The maximum absolute atomic E-state index is 11.8. The Hall–Kier alpha value is -1.35. The van der Waals surface area contributed by atoms with Gasteiger partial charge in [0, 0.05) is 6.54 Å². The number of benzene rings is 1. The van der Waals surface area contributed by atoms with E-state index in [2.05, 4.69) is 36.5 Å². The van der Waals surface area contributed by atoms with E-state index in [1.165, 1.54) is 11.1 Å². The van der Waals surface area contributed by atoms with Crippen molar-refractivity contribution in [1.29, 1.82) is 0 Å². The molecule has 110 valence electrons. The van der Waals surface area contributed by atoms with E-state index in [0.29, 0.717) is 6.54 Å². The van der Waals surface area contributed by atoms with Crippen LogP contribution in [0.15, 0.2) is 24.3 Å². The molecule has 1 saturated carbocycles. The van der Waals surface area contributed by atoms with Gasteiger partial charge in [0.25, 0.3) is 0 Å². The Bertz CT molecular complexity index is 433. The highest BCUT2D eigenvalue weighted by atomic mass is 16.3. The van der Waals surface area contributed by atoms with Crippen molar-refractivity contribution in [2.75, 3.05) is 6.54 Å². The zero-order chi connectivity index (χ0) is 14.4. The maximum Gasteiger partial charge on any atom is 0.222 e. The lowest BCUT2D eigenvalue weighted by Gasteiger charge is -2.21. The molecule has 0 bridgehead atoms. The predicted molar refractivity (Wildman–Crippen MR) is 80.6 cm³/mol. The minimum atomic E-state index is -0.743. The molecule has 1 amide bonds. The summed E-state index contributed by atoms with van der Waals surface area (Å²) >= 11 is 0. The van der Waals surface area contributed by atoms with Gasteiger partial charge in [-0.05, 0) is 36.8 Å². The molecule has 1 aromatic rings. The van der Waals surface area contributed by atoms with Crippen molar-refractivity contribution in [2.24, 2.45) is 0 Å². The number of hydrogen-bond donors (Lipinski definition) is 2. The molecule has 0 radical (unpaired) electrons. The Kier molecular flexibility index (Phi) is 5.18. The molecule has 3 heteroatoms. The van der Waals surface area contributed by atoms with Crippen LogP contribution < -0.4 is 5.32 Å². The first-order valence-electron chi connectivity index (χ1n) is 7.68. The fraction of sp³-hybridized carbons (Fsp3) is 0.588. The lowest BCUT2D eigenvalue weighted by molar-refractivity contribution is -0.125. The third kappa shape index (κ3) is 4.34. The maximum atomic E-state index is 11.8. The molecule has 0 atom stereocenters. The van der Waals surface area contributed by atoms with E-state index in [1.807, 2.05) is 0 Å². The molecule has 0 aromatic heterocycles. The molecule has 1 aromatic carbocycles. The van der Waals surface area contributed by atoms with Crippen LogP contribution in [0.3, 0.4) is 0 Å². The highest BCUT2D eigenvalue weighted by Crippen LogP contribution is 2.32. The van der Waals surface area contributed by atoms with Crippen LogP contribution in [-0.2, 0) is 17.6 Å². The Morgan fingerprint density at radius 3 is 2.40 bits per heavy atom. The van der Waals surface area contributed by atoms with Gasteiger partial charge in [0.15, 0.2) is 0 Å². The van der Waals surface area contributed by atoms with Gasteiger partial charge >= 0.3 is 0 Å². The molecular formula is C17H25NO2. The molecule has 1 aliphatic rings. The van der Waals surface area contributed by atoms with E-state index >= 15 is 0 Å². The second kappa shape index (κ2) is 6.89. The van der Waals surface area contributed by atoms with Gasteiger partial charge in [-0.15, -0.1) is 0 Å². The Morgan fingerprint density at radius 1 is 1.20 bits per heavy atom. The fourth-order valence-electron chi connectivity index (χ4n) is 2.86. The van der Waals surface area contributed by atoms with Crippen LogP contribution in [0.2, 0.25) is 0 Å². The number of hydrogen-bond acceptors (Lipinski definition) is 2. The monoisotopic (exact) mass is 275 g/mol. The summed E-state index contributed by atoms with van der Waals surface area (Å²) in [4.78, 5) is 11.8. The number of carbonyl (C=O) groups is 1. The van der Waals surface area contributed by atoms with Crippen LogP contribution in [0.25, 0.3) is 0 Å². The zero-order valence-electron chi connectivity index (χ0n) is 12.3. The number of nitrogens with one attached hydrogen (secondary N) is 1. The highest BCUT2D eigenvalue weighted by molar-refractivity contribution is 5.77. The number of aliphatic hydroxyl groups is 1. The minimum absolute atomic E-state index is 0.0282. The molecular weight excluding hydrogens is 250 g/mol. The molecule has 0 unspecified atom stereocenters. The van der Waals surface area contributed by atoms with E-state index in [4.69, 9.17) is 0 Å². The summed E-state index contributed by atoms with van der Waals surface area (Å²) in [6, 6.07) is 8.52. The smallest absolute Gasteiger partial charge is 0.222 e. The molecule has 0 spiro atoms. The SMILES string of the molecule is CCc1ccc(CCNC(=O)CC2(O)CCCC2)cc1. The van der Waals surface area contributed by atoms with Crippen molar-refractivity contribution in [3.8, 4) is 0 Å². The van der Waals surface area contributed by atoms with Gasteiger partial charge in [-0.1, -0.05) is 44.0 Å². The second-order valence-corrected chi connectivity index (χ2v) is 5.88. The van der Waals surface area contributed by atoms with E-state index < -0.39 is 5.60 Å². The highest BCUT2D eigenvalue weighted by Gasteiger charge is 2.33. The van der Waals surface area contributed by atoms with Gasteiger partial charge in [-0.25, -0.2) is 0 Å². The van der Waals surface area contributed by atoms with Crippen molar-refractivity contribution >= 4 is 5.91 Å². The molecule has 3 nitrogen and oxygen atoms in total. The topological polar surface area (TPSA) is 49.3 Å². The summed E-state index contributed by atoms with van der Waals surface area (Å²) < 4.78 is 0. The number of rotatable bonds is 6. The van der Waals surface area contributed by atoms with Gasteiger partial charge in [-0.2, -0.15) is 0 Å². The van der Waals surface area contributed by atoms with Crippen molar-refractivity contribution in [2.45, 2.75) is 57.5 Å². The lowest BCUT2D eigenvalue weighted by atomic mass is 9.97. The second-order valence-electron chi connectivity index (χ2n) is 5.88. The Balaban J connectivity index is 1.70. The molecule has 20 heavy (non-hydrogen) atoms. The molecule has 0 aliphatic heterocycles. The molecule has 2 N–H and O–H groups in total. The largest absolute Gasteiger partial charge is 0.389 e. The van der Waals surface area contributed by atoms with Crippen molar-refractivity contribution in [3.05, 3.63) is 35.4 Å². The first kappa shape index (κ1) is 15.0. The minimum Gasteiger partial charge on any atom is -0.389 e. The van der Waals surface area contributed by atoms with Crippen molar-refractivity contribution in [1.82, 2.24) is 5.32 Å². The van der Waals surface area contributed by atoms with Gasteiger partial charge in [0.05, 0.1) is 12.0 Å². The summed E-state index contributed by atoms with van der Waals surface area (Å²) in [7, 11) is 0. The lowest BCUT2D eigenvalue weighted by Crippen LogP contribution is -2.35. The molecule has 0 heterocycles. The number of aryl methyl sites for hydroxylation is 1. The van der Waals surface area contributed by atoms with E-state index in [9.17, 15) is 9.90 Å². The first-order valence-corrected chi connectivity index (χ1v) is 7.68. The van der Waals surface area contributed by atoms with E-state index in [-0.39, 0.29) is 12.3 Å². The molecule has 1 aliphatic carbocycles. The average molecular weight is 275 g/mol. The Morgan fingerprint density at radius 2 is 1.80 bits per heavy atom. The van der Waals surface area contributed by atoms with E-state index in [1.54, 1.807) is 0 Å². The molecule has 2 rings (SSSR count). The summed E-state index contributed by atoms with van der Waals surface area (Å²) in [6.45, 7) is 2.78. The quantitative estimate of drug-likeness (QED) is 0.838.